The summed E-state index contributed by atoms with van der Waals surface area (Å²) in [5, 5.41) is 0. The molecule has 0 spiro atoms. The number of hydrogen-bond donors (Lipinski definition) is 0. The summed E-state index contributed by atoms with van der Waals surface area (Å²) in [4.78, 5) is 14.5. The molecule has 0 fully saturated rings. The Bertz CT molecular complexity index is 920. The van der Waals surface area contributed by atoms with Crippen LogP contribution in [0.25, 0.3) is 0 Å². The fourth-order valence-electron chi connectivity index (χ4n) is 3.96. The van der Waals surface area contributed by atoms with Crippen LogP contribution >= 0.6 is 0 Å². The molecule has 3 heteroatoms. The van der Waals surface area contributed by atoms with Crippen molar-refractivity contribution in [2.75, 3.05) is 12.0 Å². The number of hydrogen-bond acceptors (Lipinski definition) is 3. The van der Waals surface area contributed by atoms with E-state index in [9.17, 15) is 4.79 Å². The van der Waals surface area contributed by atoms with Crippen LogP contribution in [-0.4, -0.2) is 13.1 Å². The second-order valence-electron chi connectivity index (χ2n) is 9.12. The molecule has 0 radical (unpaired) electrons. The number of ether oxygens (including phenoxy) is 1. The van der Waals surface area contributed by atoms with Gasteiger partial charge in [0, 0.05) is 18.8 Å². The third-order valence-corrected chi connectivity index (χ3v) is 5.71. The van der Waals surface area contributed by atoms with Gasteiger partial charge in [-0.05, 0) is 40.2 Å². The molecule has 3 nitrogen and oxygen atoms in total. The quantitative estimate of drug-likeness (QED) is 0.389. The average Bonchev–Trinajstić information content (AvgIpc) is 2.77. The summed E-state index contributed by atoms with van der Waals surface area (Å²) in [5.41, 5.74) is 4.80. The van der Waals surface area contributed by atoms with E-state index in [0.29, 0.717) is 6.42 Å². The zero-order valence-electron chi connectivity index (χ0n) is 19.0. The molecular formula is C28H33NO2. The van der Waals surface area contributed by atoms with Gasteiger partial charge in [0.2, 0.25) is 0 Å². The van der Waals surface area contributed by atoms with E-state index in [1.165, 1.54) is 23.8 Å². The number of esters is 1. The highest BCUT2D eigenvalue weighted by Gasteiger charge is 2.29. The molecule has 0 amide bonds. The Morgan fingerprint density at radius 1 is 0.839 bits per heavy atom. The van der Waals surface area contributed by atoms with Crippen LogP contribution in [-0.2, 0) is 22.6 Å². The standard InChI is InChI=1S/C28H33NO2/c1-28(2,3)26(19-27(30)31-4)24-16-11-17-25(18-24)29(20-22-12-7-5-8-13-22)21-23-14-9-6-10-15-23/h5-18,26H,19-21H2,1-4H3/t26-/m1/s1. The molecule has 0 aliphatic rings. The van der Waals surface area contributed by atoms with Crippen molar-refractivity contribution in [1.82, 2.24) is 0 Å². The number of nitrogens with zero attached hydrogens (tertiary/aromatic N) is 1. The molecule has 0 aromatic heterocycles. The predicted octanol–water partition coefficient (Wildman–Crippen LogP) is 6.59. The first-order valence-corrected chi connectivity index (χ1v) is 10.9. The molecule has 0 saturated carbocycles. The highest BCUT2D eigenvalue weighted by Crippen LogP contribution is 2.39. The summed E-state index contributed by atoms with van der Waals surface area (Å²) >= 11 is 0. The van der Waals surface area contributed by atoms with Crippen LogP contribution in [0.2, 0.25) is 0 Å². The van der Waals surface area contributed by atoms with Crippen LogP contribution in [0.3, 0.4) is 0 Å². The smallest absolute Gasteiger partial charge is 0.306 e. The van der Waals surface area contributed by atoms with Gasteiger partial charge in [-0.25, -0.2) is 0 Å². The van der Waals surface area contributed by atoms with Crippen LogP contribution < -0.4 is 4.90 Å². The second kappa shape index (κ2) is 10.3. The lowest BCUT2D eigenvalue weighted by atomic mass is 9.74. The summed E-state index contributed by atoms with van der Waals surface area (Å²) in [6, 6.07) is 29.7. The molecule has 0 saturated heterocycles. The van der Waals surface area contributed by atoms with Crippen LogP contribution in [0.4, 0.5) is 5.69 Å². The van der Waals surface area contributed by atoms with Crippen molar-refractivity contribution in [2.24, 2.45) is 5.41 Å². The van der Waals surface area contributed by atoms with Gasteiger partial charge in [0.1, 0.15) is 0 Å². The minimum atomic E-state index is -0.171. The van der Waals surface area contributed by atoms with E-state index < -0.39 is 0 Å². The molecule has 0 heterocycles. The second-order valence-corrected chi connectivity index (χ2v) is 9.12. The van der Waals surface area contributed by atoms with Crippen LogP contribution in [0, 0.1) is 5.41 Å². The molecule has 0 N–H and O–H groups in total. The Balaban J connectivity index is 1.95. The normalized spacial score (nSPS) is 12.3. The number of carbonyl (C=O) groups excluding carboxylic acids is 1. The molecule has 31 heavy (non-hydrogen) atoms. The summed E-state index contributed by atoms with van der Waals surface area (Å²) in [6.45, 7) is 8.17. The summed E-state index contributed by atoms with van der Waals surface area (Å²) < 4.78 is 4.98. The predicted molar refractivity (Wildman–Crippen MR) is 128 cm³/mol. The molecule has 3 rings (SSSR count). The number of benzene rings is 3. The Kier molecular flexibility index (Phi) is 7.51. The number of carbonyl (C=O) groups is 1. The van der Waals surface area contributed by atoms with Crippen molar-refractivity contribution >= 4 is 11.7 Å². The van der Waals surface area contributed by atoms with Crippen molar-refractivity contribution in [1.29, 1.82) is 0 Å². The van der Waals surface area contributed by atoms with Crippen LogP contribution in [0.15, 0.2) is 84.9 Å². The van der Waals surface area contributed by atoms with E-state index in [4.69, 9.17) is 4.74 Å². The molecular weight excluding hydrogens is 382 g/mol. The number of anilines is 1. The molecule has 0 bridgehead atoms. The molecule has 0 unspecified atom stereocenters. The molecule has 3 aromatic rings. The number of methoxy groups -OCH3 is 1. The van der Waals surface area contributed by atoms with E-state index in [1.807, 2.05) is 12.1 Å². The van der Waals surface area contributed by atoms with E-state index in [1.54, 1.807) is 0 Å². The number of rotatable bonds is 8. The Hall–Kier alpha value is -3.07. The summed E-state index contributed by atoms with van der Waals surface area (Å²) in [6.07, 6.45) is 0.376. The fraction of sp³-hybridized carbons (Fsp3) is 0.321. The highest BCUT2D eigenvalue weighted by molar-refractivity contribution is 5.70. The zero-order chi connectivity index (χ0) is 22.3. The van der Waals surface area contributed by atoms with E-state index in [0.717, 1.165) is 18.8 Å². The van der Waals surface area contributed by atoms with Crippen molar-refractivity contribution in [3.8, 4) is 0 Å². The largest absolute Gasteiger partial charge is 0.469 e. The summed E-state index contributed by atoms with van der Waals surface area (Å²) in [5.74, 6) is -0.0917. The van der Waals surface area contributed by atoms with Crippen molar-refractivity contribution in [2.45, 2.75) is 46.2 Å². The van der Waals surface area contributed by atoms with Crippen LogP contribution in [0.5, 0.6) is 0 Å². The van der Waals surface area contributed by atoms with Gasteiger partial charge in [-0.3, -0.25) is 4.79 Å². The monoisotopic (exact) mass is 415 g/mol. The summed E-state index contributed by atoms with van der Waals surface area (Å²) in [7, 11) is 1.46. The topological polar surface area (TPSA) is 29.5 Å². The van der Waals surface area contributed by atoms with Gasteiger partial charge in [0.15, 0.2) is 0 Å². The van der Waals surface area contributed by atoms with Gasteiger partial charge >= 0.3 is 5.97 Å². The third kappa shape index (κ3) is 6.45. The molecule has 0 aliphatic heterocycles. The van der Waals surface area contributed by atoms with E-state index in [-0.39, 0.29) is 17.3 Å². The zero-order valence-corrected chi connectivity index (χ0v) is 19.0. The molecule has 162 valence electrons. The van der Waals surface area contributed by atoms with Gasteiger partial charge in [-0.2, -0.15) is 0 Å². The Morgan fingerprint density at radius 3 is 1.87 bits per heavy atom. The van der Waals surface area contributed by atoms with E-state index in [2.05, 4.69) is 98.5 Å². The lowest BCUT2D eigenvalue weighted by Crippen LogP contribution is -2.24. The first kappa shape index (κ1) is 22.6. The SMILES string of the molecule is COC(=O)C[C@H](c1cccc(N(Cc2ccccc2)Cc2ccccc2)c1)C(C)(C)C. The Labute approximate surface area is 186 Å². The minimum absolute atomic E-state index is 0.0590. The lowest BCUT2D eigenvalue weighted by Gasteiger charge is -2.32. The highest BCUT2D eigenvalue weighted by atomic mass is 16.5. The first-order valence-electron chi connectivity index (χ1n) is 10.9. The maximum Gasteiger partial charge on any atom is 0.306 e. The maximum atomic E-state index is 12.1. The van der Waals surface area contributed by atoms with Crippen molar-refractivity contribution in [3.05, 3.63) is 102 Å². The minimum Gasteiger partial charge on any atom is -0.469 e. The van der Waals surface area contributed by atoms with Crippen molar-refractivity contribution < 1.29 is 9.53 Å². The van der Waals surface area contributed by atoms with Gasteiger partial charge in [-0.15, -0.1) is 0 Å². The van der Waals surface area contributed by atoms with E-state index >= 15 is 0 Å². The first-order chi connectivity index (χ1) is 14.9. The van der Waals surface area contributed by atoms with Crippen LogP contribution in [0.1, 0.15) is 49.8 Å². The molecule has 3 aromatic carbocycles. The van der Waals surface area contributed by atoms with Gasteiger partial charge in [0.25, 0.3) is 0 Å². The fourth-order valence-corrected chi connectivity index (χ4v) is 3.96. The Morgan fingerprint density at radius 2 is 1.39 bits per heavy atom. The van der Waals surface area contributed by atoms with Gasteiger partial charge in [0.05, 0.1) is 13.5 Å². The molecule has 1 atom stereocenters. The van der Waals surface area contributed by atoms with Crippen molar-refractivity contribution in [3.63, 3.8) is 0 Å². The van der Waals surface area contributed by atoms with Gasteiger partial charge in [-0.1, -0.05) is 93.6 Å². The third-order valence-electron chi connectivity index (χ3n) is 5.71. The molecule has 0 aliphatic carbocycles. The maximum absolute atomic E-state index is 12.1. The lowest BCUT2D eigenvalue weighted by molar-refractivity contribution is -0.141. The van der Waals surface area contributed by atoms with Gasteiger partial charge < -0.3 is 9.64 Å². The average molecular weight is 416 g/mol.